The van der Waals surface area contributed by atoms with E-state index in [2.05, 4.69) is 17.4 Å². The number of hydrogen-bond acceptors (Lipinski definition) is 4. The molecule has 2 rings (SSSR count). The molecular formula is C12H15FN4. The van der Waals surface area contributed by atoms with Gasteiger partial charge in [0.05, 0.1) is 17.3 Å². The fraction of sp³-hybridized carbons (Fsp3) is 0.417. The maximum Gasteiger partial charge on any atom is 0.148 e. The van der Waals surface area contributed by atoms with Crippen molar-refractivity contribution in [2.24, 2.45) is 0 Å². The second kappa shape index (κ2) is 5.13. The zero-order valence-electron chi connectivity index (χ0n) is 9.78. The number of piperazine rings is 1. The SMILES string of the molecule is CN1CCN(Nc2ccc(C#N)cc2F)CC1. The molecule has 0 atom stereocenters. The largest absolute Gasteiger partial charge is 0.316 e. The Morgan fingerprint density at radius 1 is 1.29 bits per heavy atom. The lowest BCUT2D eigenvalue weighted by Gasteiger charge is -2.33. The third-order valence-corrected chi connectivity index (χ3v) is 2.88. The van der Waals surface area contributed by atoms with Crippen molar-refractivity contribution >= 4 is 5.69 Å². The summed E-state index contributed by atoms with van der Waals surface area (Å²) in [4.78, 5) is 2.23. The number of hydrazine groups is 1. The number of halogens is 1. The van der Waals surface area contributed by atoms with Gasteiger partial charge in [0.1, 0.15) is 5.82 Å². The minimum atomic E-state index is -0.386. The molecule has 1 N–H and O–H groups in total. The van der Waals surface area contributed by atoms with Crippen LogP contribution in [0.1, 0.15) is 5.56 Å². The standard InChI is InChI=1S/C12H15FN4/c1-16-4-6-17(7-5-16)15-12-3-2-10(9-14)8-11(12)13/h2-3,8,15H,4-7H2,1H3. The number of nitriles is 1. The van der Waals surface area contributed by atoms with Gasteiger partial charge in [-0.05, 0) is 25.2 Å². The Hall–Kier alpha value is -1.64. The van der Waals surface area contributed by atoms with Crippen LogP contribution in [0.2, 0.25) is 0 Å². The molecular weight excluding hydrogens is 219 g/mol. The van der Waals surface area contributed by atoms with Gasteiger partial charge >= 0.3 is 0 Å². The summed E-state index contributed by atoms with van der Waals surface area (Å²) in [6.45, 7) is 3.64. The maximum atomic E-state index is 13.6. The number of benzene rings is 1. The molecule has 0 spiro atoms. The number of nitrogens with zero attached hydrogens (tertiary/aromatic N) is 3. The predicted octanol–water partition coefficient (Wildman–Crippen LogP) is 1.27. The summed E-state index contributed by atoms with van der Waals surface area (Å²) in [7, 11) is 2.07. The molecule has 1 aliphatic rings. The second-order valence-electron chi connectivity index (χ2n) is 4.21. The summed E-state index contributed by atoms with van der Waals surface area (Å²) < 4.78 is 13.6. The van der Waals surface area contributed by atoms with E-state index in [4.69, 9.17) is 5.26 Å². The van der Waals surface area contributed by atoms with Gasteiger partial charge in [0.25, 0.3) is 0 Å². The van der Waals surface area contributed by atoms with E-state index in [-0.39, 0.29) is 5.82 Å². The smallest absolute Gasteiger partial charge is 0.148 e. The summed E-state index contributed by atoms with van der Waals surface area (Å²) in [5, 5.41) is 10.6. The molecule has 17 heavy (non-hydrogen) atoms. The summed E-state index contributed by atoms with van der Waals surface area (Å²) >= 11 is 0. The Balaban J connectivity index is 2.02. The van der Waals surface area contributed by atoms with Crippen molar-refractivity contribution in [1.29, 1.82) is 5.26 Å². The molecule has 4 nitrogen and oxygen atoms in total. The molecule has 90 valence electrons. The van der Waals surface area contributed by atoms with Crippen LogP contribution in [0.4, 0.5) is 10.1 Å². The molecule has 0 saturated carbocycles. The van der Waals surface area contributed by atoms with E-state index in [1.807, 2.05) is 11.1 Å². The first-order valence-electron chi connectivity index (χ1n) is 5.59. The molecule has 0 aromatic heterocycles. The van der Waals surface area contributed by atoms with Gasteiger partial charge in [0, 0.05) is 26.2 Å². The van der Waals surface area contributed by atoms with Crippen LogP contribution in [0, 0.1) is 17.1 Å². The van der Waals surface area contributed by atoms with E-state index in [1.54, 1.807) is 12.1 Å². The summed E-state index contributed by atoms with van der Waals surface area (Å²) in [5.74, 6) is -0.386. The summed E-state index contributed by atoms with van der Waals surface area (Å²) in [6, 6.07) is 6.38. The molecule has 0 aliphatic carbocycles. The molecule has 1 saturated heterocycles. The number of nitrogens with one attached hydrogen (secondary N) is 1. The third-order valence-electron chi connectivity index (χ3n) is 2.88. The van der Waals surface area contributed by atoms with Gasteiger partial charge in [-0.15, -0.1) is 0 Å². The highest BCUT2D eigenvalue weighted by molar-refractivity contribution is 5.48. The average molecular weight is 234 g/mol. The molecule has 1 heterocycles. The van der Waals surface area contributed by atoms with Crippen LogP contribution in [0.5, 0.6) is 0 Å². The average Bonchev–Trinajstić information content (AvgIpc) is 2.34. The lowest BCUT2D eigenvalue weighted by atomic mass is 10.2. The molecule has 0 amide bonds. The molecule has 1 fully saturated rings. The van der Waals surface area contributed by atoms with E-state index in [1.165, 1.54) is 6.07 Å². The van der Waals surface area contributed by atoms with Crippen LogP contribution >= 0.6 is 0 Å². The van der Waals surface area contributed by atoms with Gasteiger partial charge in [-0.2, -0.15) is 5.26 Å². The minimum Gasteiger partial charge on any atom is -0.316 e. The molecule has 0 bridgehead atoms. The van der Waals surface area contributed by atoms with Crippen LogP contribution in [0.3, 0.4) is 0 Å². The Kier molecular flexibility index (Phi) is 3.57. The first-order chi connectivity index (χ1) is 8.19. The highest BCUT2D eigenvalue weighted by Crippen LogP contribution is 2.16. The summed E-state index contributed by atoms with van der Waals surface area (Å²) in [6.07, 6.45) is 0. The first kappa shape index (κ1) is 11.8. The van der Waals surface area contributed by atoms with E-state index in [0.29, 0.717) is 11.3 Å². The number of hydrogen-bond donors (Lipinski definition) is 1. The van der Waals surface area contributed by atoms with Crippen molar-refractivity contribution in [3.05, 3.63) is 29.6 Å². The quantitative estimate of drug-likeness (QED) is 0.837. The van der Waals surface area contributed by atoms with Gasteiger partial charge in [-0.3, -0.25) is 0 Å². The van der Waals surface area contributed by atoms with E-state index < -0.39 is 0 Å². The summed E-state index contributed by atoms with van der Waals surface area (Å²) in [5.41, 5.74) is 3.81. The lowest BCUT2D eigenvalue weighted by Crippen LogP contribution is -2.47. The third kappa shape index (κ3) is 2.93. The normalized spacial score (nSPS) is 17.7. The van der Waals surface area contributed by atoms with E-state index >= 15 is 0 Å². The highest BCUT2D eigenvalue weighted by Gasteiger charge is 2.14. The monoisotopic (exact) mass is 234 g/mol. The van der Waals surface area contributed by atoms with Crippen LogP contribution in [0.15, 0.2) is 18.2 Å². The Morgan fingerprint density at radius 2 is 2.00 bits per heavy atom. The zero-order valence-corrected chi connectivity index (χ0v) is 9.78. The highest BCUT2D eigenvalue weighted by atomic mass is 19.1. The van der Waals surface area contributed by atoms with Gasteiger partial charge in [0.15, 0.2) is 0 Å². The van der Waals surface area contributed by atoms with E-state index in [9.17, 15) is 4.39 Å². The van der Waals surface area contributed by atoms with Crippen molar-refractivity contribution in [2.75, 3.05) is 38.7 Å². The molecule has 0 unspecified atom stereocenters. The van der Waals surface area contributed by atoms with Crippen molar-refractivity contribution < 1.29 is 4.39 Å². The van der Waals surface area contributed by atoms with Crippen molar-refractivity contribution in [2.45, 2.75) is 0 Å². The molecule has 5 heteroatoms. The van der Waals surface area contributed by atoms with Crippen LogP contribution in [-0.2, 0) is 0 Å². The van der Waals surface area contributed by atoms with E-state index in [0.717, 1.165) is 26.2 Å². The molecule has 0 radical (unpaired) electrons. The van der Waals surface area contributed by atoms with Crippen LogP contribution < -0.4 is 5.43 Å². The Morgan fingerprint density at radius 3 is 2.59 bits per heavy atom. The molecule has 1 aromatic carbocycles. The van der Waals surface area contributed by atoms with Gasteiger partial charge in [-0.1, -0.05) is 0 Å². The van der Waals surface area contributed by atoms with Crippen LogP contribution in [0.25, 0.3) is 0 Å². The Labute approximate surface area is 100 Å². The number of likely N-dealkylation sites (N-methyl/N-ethyl adjacent to an activating group) is 1. The number of anilines is 1. The molecule has 1 aromatic rings. The lowest BCUT2D eigenvalue weighted by molar-refractivity contribution is 0.178. The Bertz CT molecular complexity index is 433. The topological polar surface area (TPSA) is 42.3 Å². The van der Waals surface area contributed by atoms with Crippen LogP contribution in [-0.4, -0.2) is 43.1 Å². The predicted molar refractivity (Wildman–Crippen MR) is 63.8 cm³/mol. The van der Waals surface area contributed by atoms with Gasteiger partial charge < -0.3 is 10.3 Å². The fourth-order valence-corrected chi connectivity index (χ4v) is 1.76. The number of rotatable bonds is 2. The first-order valence-corrected chi connectivity index (χ1v) is 5.59. The van der Waals surface area contributed by atoms with Crippen molar-refractivity contribution in [3.63, 3.8) is 0 Å². The minimum absolute atomic E-state index is 0.339. The fourth-order valence-electron chi connectivity index (χ4n) is 1.76. The van der Waals surface area contributed by atoms with Crippen molar-refractivity contribution in [1.82, 2.24) is 9.91 Å². The maximum absolute atomic E-state index is 13.6. The zero-order chi connectivity index (χ0) is 12.3. The second-order valence-corrected chi connectivity index (χ2v) is 4.21. The van der Waals surface area contributed by atoms with Gasteiger partial charge in [-0.25, -0.2) is 9.40 Å². The van der Waals surface area contributed by atoms with Crippen molar-refractivity contribution in [3.8, 4) is 6.07 Å². The molecule has 1 aliphatic heterocycles. The van der Waals surface area contributed by atoms with Gasteiger partial charge in [0.2, 0.25) is 0 Å².